The fraction of sp³-hybridized carbons (Fsp3) is 0.500. The van der Waals surface area contributed by atoms with Gasteiger partial charge in [-0.25, -0.2) is 4.98 Å². The van der Waals surface area contributed by atoms with E-state index in [2.05, 4.69) is 25.9 Å². The molecule has 4 nitrogen and oxygen atoms in total. The van der Waals surface area contributed by atoms with E-state index in [1.807, 2.05) is 18.9 Å². The lowest BCUT2D eigenvalue weighted by Gasteiger charge is -2.24. The van der Waals surface area contributed by atoms with E-state index in [1.54, 1.807) is 6.20 Å². The summed E-state index contributed by atoms with van der Waals surface area (Å²) in [7, 11) is 1.84. The molecule has 0 aliphatic heterocycles. The number of nitrogens with zero attached hydrogens (tertiary/aromatic N) is 3. The van der Waals surface area contributed by atoms with Gasteiger partial charge in [0, 0.05) is 13.2 Å². The van der Waals surface area contributed by atoms with E-state index in [4.69, 9.17) is 16.7 Å². The summed E-state index contributed by atoms with van der Waals surface area (Å²) in [4.78, 5) is 9.72. The Balaban J connectivity index is 2.99. The Kier molecular flexibility index (Phi) is 4.10. The van der Waals surface area contributed by atoms with Crippen molar-refractivity contribution in [1.82, 2.24) is 9.97 Å². The number of rotatable bonds is 3. The maximum atomic E-state index is 8.99. The standard InChI is InChI=1S/C8H11BrClN3O/c1-5(4-14)13(2)7-6(9)3-11-8(10)12-7/h3,5,14H,4H2,1-2H3. The fourth-order valence-corrected chi connectivity index (χ4v) is 1.52. The second kappa shape index (κ2) is 4.91. The Morgan fingerprint density at radius 2 is 2.36 bits per heavy atom. The van der Waals surface area contributed by atoms with Crippen LogP contribution in [0.3, 0.4) is 0 Å². The third-order valence-corrected chi connectivity index (χ3v) is 2.70. The zero-order chi connectivity index (χ0) is 10.7. The predicted molar refractivity (Wildman–Crippen MR) is 59.7 cm³/mol. The van der Waals surface area contributed by atoms with Gasteiger partial charge in [0.05, 0.1) is 17.1 Å². The van der Waals surface area contributed by atoms with Crippen molar-refractivity contribution in [2.24, 2.45) is 0 Å². The summed E-state index contributed by atoms with van der Waals surface area (Å²) in [5, 5.41) is 9.19. The third kappa shape index (κ3) is 2.56. The average molecular weight is 281 g/mol. The molecule has 0 aliphatic carbocycles. The van der Waals surface area contributed by atoms with Gasteiger partial charge in [0.2, 0.25) is 5.28 Å². The second-order valence-corrected chi connectivity index (χ2v) is 4.15. The summed E-state index contributed by atoms with van der Waals surface area (Å²) in [6.45, 7) is 1.95. The highest BCUT2D eigenvalue weighted by Crippen LogP contribution is 2.24. The summed E-state index contributed by atoms with van der Waals surface area (Å²) in [6, 6.07) is -0.0164. The fourth-order valence-electron chi connectivity index (χ4n) is 0.916. The number of anilines is 1. The number of hydrogen-bond donors (Lipinski definition) is 1. The molecule has 0 radical (unpaired) electrons. The SMILES string of the molecule is CC(CO)N(C)c1nc(Cl)ncc1Br. The minimum atomic E-state index is -0.0164. The van der Waals surface area contributed by atoms with Crippen LogP contribution in [0, 0.1) is 0 Å². The van der Waals surface area contributed by atoms with Crippen LogP contribution in [0.15, 0.2) is 10.7 Å². The van der Waals surface area contributed by atoms with Crippen LogP contribution < -0.4 is 4.90 Å². The van der Waals surface area contributed by atoms with E-state index < -0.39 is 0 Å². The highest BCUT2D eigenvalue weighted by Gasteiger charge is 2.14. The molecule has 6 heteroatoms. The molecule has 1 heterocycles. The van der Waals surface area contributed by atoms with Crippen molar-refractivity contribution in [2.75, 3.05) is 18.6 Å². The van der Waals surface area contributed by atoms with Crippen LogP contribution in [0.4, 0.5) is 5.82 Å². The highest BCUT2D eigenvalue weighted by atomic mass is 79.9. The summed E-state index contributed by atoms with van der Waals surface area (Å²) in [6.07, 6.45) is 1.59. The Hall–Kier alpha value is -0.390. The zero-order valence-corrected chi connectivity index (χ0v) is 10.2. The monoisotopic (exact) mass is 279 g/mol. The molecular weight excluding hydrogens is 269 g/mol. The van der Waals surface area contributed by atoms with E-state index in [9.17, 15) is 0 Å². The minimum Gasteiger partial charge on any atom is -0.394 e. The number of likely N-dealkylation sites (N-methyl/N-ethyl adjacent to an activating group) is 1. The Morgan fingerprint density at radius 1 is 1.71 bits per heavy atom. The van der Waals surface area contributed by atoms with Crippen LogP contribution in [0.2, 0.25) is 5.28 Å². The molecule has 1 rings (SSSR count). The molecular formula is C8H11BrClN3O. The van der Waals surface area contributed by atoms with Crippen LogP contribution in [-0.2, 0) is 0 Å². The lowest BCUT2D eigenvalue weighted by atomic mass is 10.3. The van der Waals surface area contributed by atoms with Gasteiger partial charge >= 0.3 is 0 Å². The molecule has 1 unspecified atom stereocenters. The smallest absolute Gasteiger partial charge is 0.224 e. The molecule has 1 atom stereocenters. The number of hydrogen-bond acceptors (Lipinski definition) is 4. The molecule has 78 valence electrons. The molecule has 0 aliphatic rings. The molecule has 1 aromatic rings. The van der Waals surface area contributed by atoms with Crippen molar-refractivity contribution in [2.45, 2.75) is 13.0 Å². The first-order chi connectivity index (χ1) is 6.56. The molecule has 0 fully saturated rings. The van der Waals surface area contributed by atoms with Crippen molar-refractivity contribution >= 4 is 33.3 Å². The van der Waals surface area contributed by atoms with Gasteiger partial charge in [-0.2, -0.15) is 4.98 Å². The molecule has 0 bridgehead atoms. The van der Waals surface area contributed by atoms with Gasteiger partial charge in [-0.1, -0.05) is 0 Å². The predicted octanol–water partition coefficient (Wildman–Crippen LogP) is 1.71. The third-order valence-electron chi connectivity index (χ3n) is 1.96. The van der Waals surface area contributed by atoms with Crippen molar-refractivity contribution in [3.63, 3.8) is 0 Å². The minimum absolute atomic E-state index is 0.0164. The van der Waals surface area contributed by atoms with Crippen LogP contribution in [-0.4, -0.2) is 34.8 Å². The topological polar surface area (TPSA) is 49.2 Å². The molecule has 14 heavy (non-hydrogen) atoms. The number of aliphatic hydroxyl groups is 1. The van der Waals surface area contributed by atoms with Crippen molar-refractivity contribution in [3.8, 4) is 0 Å². The van der Waals surface area contributed by atoms with E-state index in [0.717, 1.165) is 4.47 Å². The highest BCUT2D eigenvalue weighted by molar-refractivity contribution is 9.10. The summed E-state index contributed by atoms with van der Waals surface area (Å²) >= 11 is 9.00. The van der Waals surface area contributed by atoms with Gasteiger partial charge in [-0.15, -0.1) is 0 Å². The van der Waals surface area contributed by atoms with Gasteiger partial charge < -0.3 is 10.0 Å². The first-order valence-electron chi connectivity index (χ1n) is 4.08. The molecule has 0 saturated carbocycles. The Morgan fingerprint density at radius 3 is 2.93 bits per heavy atom. The quantitative estimate of drug-likeness (QED) is 0.857. The number of halogens is 2. The molecule has 1 aromatic heterocycles. The average Bonchev–Trinajstić information content (AvgIpc) is 2.19. The molecule has 0 aromatic carbocycles. The van der Waals surface area contributed by atoms with Crippen LogP contribution in [0.25, 0.3) is 0 Å². The first kappa shape index (κ1) is 11.7. The first-order valence-corrected chi connectivity index (χ1v) is 5.25. The zero-order valence-electron chi connectivity index (χ0n) is 7.91. The molecule has 0 saturated heterocycles. The van der Waals surface area contributed by atoms with Crippen LogP contribution in [0.5, 0.6) is 0 Å². The van der Waals surface area contributed by atoms with Gasteiger partial charge in [0.25, 0.3) is 0 Å². The van der Waals surface area contributed by atoms with Crippen LogP contribution >= 0.6 is 27.5 Å². The van der Waals surface area contributed by atoms with Crippen molar-refractivity contribution in [3.05, 3.63) is 16.0 Å². The van der Waals surface area contributed by atoms with Crippen LogP contribution in [0.1, 0.15) is 6.92 Å². The normalized spacial score (nSPS) is 12.6. The van der Waals surface area contributed by atoms with Crippen molar-refractivity contribution in [1.29, 1.82) is 0 Å². The van der Waals surface area contributed by atoms with E-state index in [-0.39, 0.29) is 17.9 Å². The van der Waals surface area contributed by atoms with Crippen molar-refractivity contribution < 1.29 is 5.11 Å². The Labute approximate surface area is 96.1 Å². The lowest BCUT2D eigenvalue weighted by Crippen LogP contribution is -2.32. The Bertz CT molecular complexity index is 323. The maximum absolute atomic E-state index is 8.99. The summed E-state index contributed by atoms with van der Waals surface area (Å²) in [5.74, 6) is 0.673. The molecule has 1 N–H and O–H groups in total. The molecule has 0 spiro atoms. The van der Waals surface area contributed by atoms with E-state index in [1.165, 1.54) is 0 Å². The number of aliphatic hydroxyl groups excluding tert-OH is 1. The summed E-state index contributed by atoms with van der Waals surface area (Å²) < 4.78 is 0.754. The number of aromatic nitrogens is 2. The second-order valence-electron chi connectivity index (χ2n) is 2.95. The maximum Gasteiger partial charge on any atom is 0.224 e. The summed E-state index contributed by atoms with van der Waals surface area (Å²) in [5.41, 5.74) is 0. The van der Waals surface area contributed by atoms with E-state index in [0.29, 0.717) is 5.82 Å². The van der Waals surface area contributed by atoms with Gasteiger partial charge in [0.15, 0.2) is 0 Å². The van der Waals surface area contributed by atoms with Gasteiger partial charge in [-0.05, 0) is 34.5 Å². The largest absolute Gasteiger partial charge is 0.394 e. The molecule has 0 amide bonds. The van der Waals surface area contributed by atoms with E-state index >= 15 is 0 Å². The van der Waals surface area contributed by atoms with Gasteiger partial charge in [0.1, 0.15) is 5.82 Å². The lowest BCUT2D eigenvalue weighted by molar-refractivity contribution is 0.269. The van der Waals surface area contributed by atoms with Gasteiger partial charge in [-0.3, -0.25) is 0 Å².